The van der Waals surface area contributed by atoms with Gasteiger partial charge in [-0.2, -0.15) is 0 Å². The van der Waals surface area contributed by atoms with Gasteiger partial charge >= 0.3 is 0 Å². The van der Waals surface area contributed by atoms with Crippen LogP contribution in [0.15, 0.2) is 97.1 Å². The molecule has 0 N–H and O–H groups in total. The van der Waals surface area contributed by atoms with E-state index in [4.69, 9.17) is 9.97 Å². The van der Waals surface area contributed by atoms with Crippen molar-refractivity contribution < 1.29 is 0 Å². The highest BCUT2D eigenvalue weighted by Gasteiger charge is 2.47. The fourth-order valence-electron chi connectivity index (χ4n) is 6.41. The monoisotopic (exact) mass is 602 g/mol. The molecule has 0 bridgehead atoms. The molecule has 0 radical (unpaired) electrons. The SMILES string of the molecule is CC[Si]1(C)C(c2cccc(C[Si](C)(C)C)n2)=C(c2ccccc2)C(c2ccccc2)=C1c1cccc(C[Si](C)(C)C)n1. The third-order valence-corrected chi connectivity index (χ3v) is 15.7. The Bertz CT molecular complexity index is 1510. The van der Waals surface area contributed by atoms with Crippen LogP contribution < -0.4 is 0 Å². The first kappa shape index (κ1) is 30.3. The number of nitrogens with zero attached hydrogens (tertiary/aromatic N) is 2. The van der Waals surface area contributed by atoms with E-state index < -0.39 is 24.2 Å². The van der Waals surface area contributed by atoms with E-state index in [-0.39, 0.29) is 0 Å². The van der Waals surface area contributed by atoms with Gasteiger partial charge < -0.3 is 0 Å². The Hall–Kier alpha value is -3.13. The third kappa shape index (κ3) is 6.43. The molecule has 0 saturated carbocycles. The van der Waals surface area contributed by atoms with Gasteiger partial charge in [0.1, 0.15) is 8.07 Å². The van der Waals surface area contributed by atoms with Crippen LogP contribution in [0.3, 0.4) is 0 Å². The van der Waals surface area contributed by atoms with Gasteiger partial charge in [-0.15, -0.1) is 0 Å². The van der Waals surface area contributed by atoms with Gasteiger partial charge in [-0.25, -0.2) is 0 Å². The van der Waals surface area contributed by atoms with Crippen LogP contribution in [-0.2, 0) is 12.1 Å². The molecule has 0 fully saturated rings. The van der Waals surface area contributed by atoms with Crippen molar-refractivity contribution in [2.24, 2.45) is 0 Å². The zero-order valence-corrected chi connectivity index (χ0v) is 29.8. The van der Waals surface area contributed by atoms with Crippen LogP contribution in [0.2, 0.25) is 51.9 Å². The summed E-state index contributed by atoms with van der Waals surface area (Å²) in [5.41, 5.74) is 10.00. The molecule has 3 heterocycles. The molecule has 0 unspecified atom stereocenters. The van der Waals surface area contributed by atoms with Crippen molar-refractivity contribution in [2.45, 2.75) is 70.9 Å². The van der Waals surface area contributed by atoms with Gasteiger partial charge in [0.15, 0.2) is 0 Å². The summed E-state index contributed by atoms with van der Waals surface area (Å²) in [6, 6.07) is 38.8. The van der Waals surface area contributed by atoms with Gasteiger partial charge in [0, 0.05) is 11.4 Å². The Morgan fingerprint density at radius 1 is 0.524 bits per heavy atom. The molecule has 5 rings (SSSR count). The van der Waals surface area contributed by atoms with E-state index in [2.05, 4.69) is 150 Å². The molecule has 0 saturated heterocycles. The molecule has 0 aliphatic carbocycles. The van der Waals surface area contributed by atoms with Gasteiger partial charge in [0.2, 0.25) is 0 Å². The first-order valence-corrected chi connectivity index (χ1v) is 25.6. The minimum Gasteiger partial charge on any atom is -0.254 e. The Labute approximate surface area is 256 Å². The summed E-state index contributed by atoms with van der Waals surface area (Å²) in [4.78, 5) is 10.9. The van der Waals surface area contributed by atoms with E-state index in [0.717, 1.165) is 29.5 Å². The Kier molecular flexibility index (Phi) is 8.57. The largest absolute Gasteiger partial charge is 0.254 e. The highest BCUT2D eigenvalue weighted by molar-refractivity contribution is 7.13. The molecule has 0 amide bonds. The zero-order chi connectivity index (χ0) is 30.1. The maximum atomic E-state index is 5.45. The van der Waals surface area contributed by atoms with Crippen molar-refractivity contribution in [1.82, 2.24) is 9.97 Å². The lowest BCUT2D eigenvalue weighted by molar-refractivity contribution is 1.12. The minimum atomic E-state index is -2.30. The molecular weight excluding hydrogens is 557 g/mol. The molecule has 4 aromatic rings. The molecule has 216 valence electrons. The maximum absolute atomic E-state index is 5.45. The quantitative estimate of drug-likeness (QED) is 0.178. The number of hydrogen-bond donors (Lipinski definition) is 0. The molecule has 2 aromatic carbocycles. The van der Waals surface area contributed by atoms with E-state index >= 15 is 0 Å². The maximum Gasteiger partial charge on any atom is 0.122 e. The molecular formula is C37H46N2Si3. The molecule has 0 spiro atoms. The van der Waals surface area contributed by atoms with Crippen molar-refractivity contribution >= 4 is 45.8 Å². The molecule has 0 atom stereocenters. The van der Waals surface area contributed by atoms with Crippen LogP contribution in [0.25, 0.3) is 21.5 Å². The molecule has 5 heteroatoms. The summed E-state index contributed by atoms with van der Waals surface area (Å²) in [5.74, 6) is 0. The third-order valence-electron chi connectivity index (χ3n) is 8.23. The molecule has 2 nitrogen and oxygen atoms in total. The first-order chi connectivity index (χ1) is 19.9. The average Bonchev–Trinajstić information content (AvgIpc) is 3.22. The predicted octanol–water partition coefficient (Wildman–Crippen LogP) is 10.0. The van der Waals surface area contributed by atoms with E-state index in [9.17, 15) is 0 Å². The van der Waals surface area contributed by atoms with Gasteiger partial charge in [-0.05, 0) is 69.0 Å². The lowest BCUT2D eigenvalue weighted by Crippen LogP contribution is -2.33. The van der Waals surface area contributed by atoms with Crippen LogP contribution >= 0.6 is 0 Å². The molecule has 2 aromatic heterocycles. The summed E-state index contributed by atoms with van der Waals surface area (Å²) >= 11 is 0. The number of benzene rings is 2. The lowest BCUT2D eigenvalue weighted by atomic mass is 9.90. The highest BCUT2D eigenvalue weighted by Crippen LogP contribution is 2.56. The summed E-state index contributed by atoms with van der Waals surface area (Å²) in [7, 11) is -4.96. The van der Waals surface area contributed by atoms with Crippen LogP contribution in [0.5, 0.6) is 0 Å². The van der Waals surface area contributed by atoms with E-state index in [0.29, 0.717) is 0 Å². The number of rotatable bonds is 9. The second-order valence-corrected chi connectivity index (χ2v) is 29.7. The lowest BCUT2D eigenvalue weighted by Gasteiger charge is -2.29. The van der Waals surface area contributed by atoms with E-state index in [1.54, 1.807) is 0 Å². The summed E-state index contributed by atoms with van der Waals surface area (Å²) in [6.07, 6.45) is 0. The second kappa shape index (κ2) is 11.9. The van der Waals surface area contributed by atoms with Crippen LogP contribution in [0.4, 0.5) is 0 Å². The van der Waals surface area contributed by atoms with Gasteiger partial charge in [0.05, 0.1) is 27.5 Å². The number of allylic oxidation sites excluding steroid dienone is 2. The first-order valence-electron chi connectivity index (χ1n) is 15.4. The predicted molar refractivity (Wildman–Crippen MR) is 191 cm³/mol. The Morgan fingerprint density at radius 2 is 0.905 bits per heavy atom. The number of hydrogen-bond acceptors (Lipinski definition) is 2. The fraction of sp³-hybridized carbons (Fsp3) is 0.297. The summed E-state index contributed by atoms with van der Waals surface area (Å²) in [5, 5.41) is 2.92. The fourth-order valence-corrected chi connectivity index (χ4v) is 13.0. The second-order valence-electron chi connectivity index (χ2n) is 14.4. The number of aromatic nitrogens is 2. The zero-order valence-electron chi connectivity index (χ0n) is 26.8. The van der Waals surface area contributed by atoms with Crippen molar-refractivity contribution in [3.05, 3.63) is 131 Å². The van der Waals surface area contributed by atoms with Crippen molar-refractivity contribution in [3.63, 3.8) is 0 Å². The van der Waals surface area contributed by atoms with Crippen LogP contribution in [-0.4, -0.2) is 34.2 Å². The Balaban J connectivity index is 1.85. The summed E-state index contributed by atoms with van der Waals surface area (Å²) in [6.45, 7) is 19.6. The van der Waals surface area contributed by atoms with Crippen molar-refractivity contribution in [1.29, 1.82) is 0 Å². The standard InChI is InChI=1S/C37H46N2Si3/c1-9-42(8)36(32-24-16-22-30(38-32)26-40(2,3)4)34(28-18-12-10-13-19-28)35(29-20-14-11-15-21-29)37(42)33-25-17-23-31(39-33)27-41(5,6)7/h10-25H,9,26-27H2,1-8H3. The molecule has 1 aliphatic rings. The normalized spacial score (nSPS) is 15.4. The van der Waals surface area contributed by atoms with E-state index in [1.807, 2.05) is 0 Å². The summed E-state index contributed by atoms with van der Waals surface area (Å²) < 4.78 is 0. The average molecular weight is 603 g/mol. The van der Waals surface area contributed by atoms with Crippen LogP contribution in [0.1, 0.15) is 40.8 Å². The number of pyridine rings is 2. The van der Waals surface area contributed by atoms with Crippen LogP contribution in [0, 0.1) is 0 Å². The van der Waals surface area contributed by atoms with Gasteiger partial charge in [-0.1, -0.05) is 132 Å². The highest BCUT2D eigenvalue weighted by atomic mass is 28.3. The molecule has 1 aliphatic heterocycles. The van der Waals surface area contributed by atoms with Crippen molar-refractivity contribution in [2.75, 3.05) is 0 Å². The molecule has 42 heavy (non-hydrogen) atoms. The Morgan fingerprint density at radius 3 is 1.24 bits per heavy atom. The minimum absolute atomic E-state index is 1.09. The van der Waals surface area contributed by atoms with Crippen molar-refractivity contribution in [3.8, 4) is 0 Å². The van der Waals surface area contributed by atoms with Gasteiger partial charge in [0.25, 0.3) is 0 Å². The van der Waals surface area contributed by atoms with Gasteiger partial charge in [-0.3, -0.25) is 9.97 Å². The smallest absolute Gasteiger partial charge is 0.122 e. The van der Waals surface area contributed by atoms with E-state index in [1.165, 1.54) is 44.1 Å². The topological polar surface area (TPSA) is 25.8 Å².